The number of aromatic amines is 1. The predicted molar refractivity (Wildman–Crippen MR) is 67.1 cm³/mol. The lowest BCUT2D eigenvalue weighted by Crippen LogP contribution is -2.26. The average Bonchev–Trinajstić information content (AvgIpc) is 2.83. The summed E-state index contributed by atoms with van der Waals surface area (Å²) >= 11 is 0. The van der Waals surface area contributed by atoms with E-state index < -0.39 is 5.82 Å². The Morgan fingerprint density at radius 1 is 1.44 bits per heavy atom. The predicted octanol–water partition coefficient (Wildman–Crippen LogP) is 1.36. The van der Waals surface area contributed by atoms with Gasteiger partial charge in [-0.2, -0.15) is 0 Å². The number of hydrogen-bond donors (Lipinski definition) is 2. The first-order chi connectivity index (χ1) is 8.74. The lowest BCUT2D eigenvalue weighted by Gasteiger charge is -2.09. The van der Waals surface area contributed by atoms with Gasteiger partial charge in [-0.3, -0.25) is 4.79 Å². The van der Waals surface area contributed by atoms with Crippen LogP contribution in [0, 0.1) is 5.82 Å². The molecule has 0 spiro atoms. The molecular formula is C13H14FN3O. The van der Waals surface area contributed by atoms with E-state index in [-0.39, 0.29) is 11.1 Å². The average molecular weight is 247 g/mol. The fourth-order valence-corrected chi connectivity index (χ4v) is 2.43. The maximum absolute atomic E-state index is 13.6. The van der Waals surface area contributed by atoms with Gasteiger partial charge in [0, 0.05) is 12.5 Å². The Hall–Kier alpha value is -1.75. The molecule has 0 bridgehead atoms. The second kappa shape index (κ2) is 4.49. The van der Waals surface area contributed by atoms with Crippen molar-refractivity contribution in [2.45, 2.75) is 25.3 Å². The minimum atomic E-state index is -0.445. The molecule has 0 amide bonds. The molecule has 1 aliphatic rings. The van der Waals surface area contributed by atoms with Crippen LogP contribution in [0.15, 0.2) is 23.0 Å². The van der Waals surface area contributed by atoms with Gasteiger partial charge in [0.2, 0.25) is 0 Å². The molecule has 1 aromatic heterocycles. The summed E-state index contributed by atoms with van der Waals surface area (Å²) in [5.41, 5.74) is -0.109. The van der Waals surface area contributed by atoms with Gasteiger partial charge in [-0.1, -0.05) is 6.07 Å². The van der Waals surface area contributed by atoms with Crippen molar-refractivity contribution < 1.29 is 4.39 Å². The summed E-state index contributed by atoms with van der Waals surface area (Å²) in [5, 5.41) is 3.64. The first kappa shape index (κ1) is 11.3. The number of fused-ring (bicyclic) bond motifs is 1. The van der Waals surface area contributed by atoms with E-state index in [1.807, 2.05) is 0 Å². The molecule has 1 unspecified atom stereocenters. The quantitative estimate of drug-likeness (QED) is 0.842. The molecule has 1 fully saturated rings. The molecule has 3 rings (SSSR count). The molecular weight excluding hydrogens is 233 g/mol. The van der Waals surface area contributed by atoms with E-state index >= 15 is 0 Å². The van der Waals surface area contributed by atoms with Crippen LogP contribution in [0.5, 0.6) is 0 Å². The van der Waals surface area contributed by atoms with Crippen molar-refractivity contribution in [3.63, 3.8) is 0 Å². The van der Waals surface area contributed by atoms with Crippen molar-refractivity contribution in [2.75, 3.05) is 6.54 Å². The molecule has 1 atom stereocenters. The summed E-state index contributed by atoms with van der Waals surface area (Å²) in [7, 11) is 0. The first-order valence-electron chi connectivity index (χ1n) is 6.15. The zero-order chi connectivity index (χ0) is 12.5. The van der Waals surface area contributed by atoms with Gasteiger partial charge in [0.25, 0.3) is 5.56 Å². The lowest BCUT2D eigenvalue weighted by molar-refractivity contribution is 0.583. The van der Waals surface area contributed by atoms with Crippen molar-refractivity contribution >= 4 is 10.9 Å². The molecule has 2 N–H and O–H groups in total. The van der Waals surface area contributed by atoms with E-state index in [2.05, 4.69) is 15.3 Å². The maximum Gasteiger partial charge on any atom is 0.258 e. The Bertz CT molecular complexity index is 632. The van der Waals surface area contributed by atoms with Crippen LogP contribution >= 0.6 is 0 Å². The van der Waals surface area contributed by atoms with Crippen molar-refractivity contribution in [2.24, 2.45) is 0 Å². The van der Waals surface area contributed by atoms with Gasteiger partial charge in [0.15, 0.2) is 0 Å². The zero-order valence-electron chi connectivity index (χ0n) is 9.87. The number of para-hydroxylation sites is 1. The van der Waals surface area contributed by atoms with E-state index in [9.17, 15) is 9.18 Å². The molecule has 2 heterocycles. The minimum Gasteiger partial charge on any atom is -0.314 e. The van der Waals surface area contributed by atoms with Crippen LogP contribution in [0.3, 0.4) is 0 Å². The third kappa shape index (κ3) is 2.01. The molecule has 1 aromatic carbocycles. The van der Waals surface area contributed by atoms with Crippen LogP contribution in [-0.2, 0) is 6.42 Å². The second-order valence-electron chi connectivity index (χ2n) is 4.65. The Kier molecular flexibility index (Phi) is 2.83. The molecule has 5 heteroatoms. The summed E-state index contributed by atoms with van der Waals surface area (Å²) in [5.74, 6) is 0.108. The van der Waals surface area contributed by atoms with Crippen LogP contribution in [-0.4, -0.2) is 22.6 Å². The van der Waals surface area contributed by atoms with E-state index in [0.717, 1.165) is 19.4 Å². The zero-order valence-corrected chi connectivity index (χ0v) is 9.87. The van der Waals surface area contributed by atoms with Gasteiger partial charge in [-0.05, 0) is 31.5 Å². The molecule has 0 saturated carbocycles. The summed E-state index contributed by atoms with van der Waals surface area (Å²) in [4.78, 5) is 18.8. The van der Waals surface area contributed by atoms with Crippen LogP contribution in [0.25, 0.3) is 10.9 Å². The summed E-state index contributed by atoms with van der Waals surface area (Å²) in [6.07, 6.45) is 2.84. The van der Waals surface area contributed by atoms with Crippen molar-refractivity contribution in [1.29, 1.82) is 0 Å². The van der Waals surface area contributed by atoms with Crippen LogP contribution in [0.2, 0.25) is 0 Å². The number of halogens is 1. The fraction of sp³-hybridized carbons (Fsp3) is 0.385. The maximum atomic E-state index is 13.6. The molecule has 18 heavy (non-hydrogen) atoms. The Labute approximate surface area is 103 Å². The molecule has 1 saturated heterocycles. The highest BCUT2D eigenvalue weighted by Crippen LogP contribution is 2.13. The monoisotopic (exact) mass is 247 g/mol. The fourth-order valence-electron chi connectivity index (χ4n) is 2.43. The number of benzene rings is 1. The van der Waals surface area contributed by atoms with Gasteiger partial charge >= 0.3 is 0 Å². The summed E-state index contributed by atoms with van der Waals surface area (Å²) < 4.78 is 13.6. The first-order valence-corrected chi connectivity index (χ1v) is 6.15. The normalized spacial score (nSPS) is 19.5. The van der Waals surface area contributed by atoms with Gasteiger partial charge < -0.3 is 10.3 Å². The van der Waals surface area contributed by atoms with Crippen LogP contribution < -0.4 is 10.9 Å². The third-order valence-corrected chi connectivity index (χ3v) is 3.34. The summed E-state index contributed by atoms with van der Waals surface area (Å²) in [6.45, 7) is 0.997. The van der Waals surface area contributed by atoms with Gasteiger partial charge in [0.05, 0.1) is 5.39 Å². The molecule has 0 aliphatic carbocycles. The molecule has 94 valence electrons. The van der Waals surface area contributed by atoms with E-state index in [0.29, 0.717) is 23.7 Å². The van der Waals surface area contributed by atoms with E-state index in [1.54, 1.807) is 6.07 Å². The SMILES string of the molecule is O=c1[nH]c(CC2CCCN2)nc2c(F)cccc12. The number of H-pyrrole nitrogens is 1. The largest absolute Gasteiger partial charge is 0.314 e. The topological polar surface area (TPSA) is 57.8 Å². The summed E-state index contributed by atoms with van der Waals surface area (Å²) in [6, 6.07) is 4.76. The van der Waals surface area contributed by atoms with Crippen molar-refractivity contribution in [3.05, 3.63) is 40.2 Å². The number of rotatable bonds is 2. The van der Waals surface area contributed by atoms with Gasteiger partial charge in [0.1, 0.15) is 17.2 Å². The Balaban J connectivity index is 2.03. The third-order valence-electron chi connectivity index (χ3n) is 3.34. The highest BCUT2D eigenvalue weighted by Gasteiger charge is 2.16. The second-order valence-corrected chi connectivity index (χ2v) is 4.65. The van der Waals surface area contributed by atoms with E-state index in [4.69, 9.17) is 0 Å². The van der Waals surface area contributed by atoms with Gasteiger partial charge in [-0.25, -0.2) is 9.37 Å². The highest BCUT2D eigenvalue weighted by atomic mass is 19.1. The van der Waals surface area contributed by atoms with Crippen LogP contribution in [0.1, 0.15) is 18.7 Å². The standard InChI is InChI=1S/C13H14FN3O/c14-10-5-1-4-9-12(10)16-11(17-13(9)18)7-8-3-2-6-15-8/h1,4-5,8,15H,2-3,6-7H2,(H,16,17,18). The Morgan fingerprint density at radius 2 is 2.33 bits per heavy atom. The number of nitrogens with zero attached hydrogens (tertiary/aromatic N) is 1. The number of aromatic nitrogens is 2. The lowest BCUT2D eigenvalue weighted by atomic mass is 10.1. The van der Waals surface area contributed by atoms with Crippen molar-refractivity contribution in [3.8, 4) is 0 Å². The number of hydrogen-bond acceptors (Lipinski definition) is 3. The van der Waals surface area contributed by atoms with Gasteiger partial charge in [-0.15, -0.1) is 0 Å². The Morgan fingerprint density at radius 3 is 3.11 bits per heavy atom. The molecule has 1 aliphatic heterocycles. The van der Waals surface area contributed by atoms with Crippen LogP contribution in [0.4, 0.5) is 4.39 Å². The minimum absolute atomic E-state index is 0.161. The molecule has 2 aromatic rings. The van der Waals surface area contributed by atoms with Crippen molar-refractivity contribution in [1.82, 2.24) is 15.3 Å². The van der Waals surface area contributed by atoms with E-state index in [1.165, 1.54) is 12.1 Å². The molecule has 4 nitrogen and oxygen atoms in total. The highest BCUT2D eigenvalue weighted by molar-refractivity contribution is 5.77. The molecule has 0 radical (unpaired) electrons. The number of nitrogens with one attached hydrogen (secondary N) is 2. The smallest absolute Gasteiger partial charge is 0.258 e.